The van der Waals surface area contributed by atoms with Gasteiger partial charge in [0.2, 0.25) is 0 Å². The molecule has 0 unspecified atom stereocenters. The smallest absolute Gasteiger partial charge is 0.0991 e. The summed E-state index contributed by atoms with van der Waals surface area (Å²) in [6, 6.07) is 12.1. The molecule has 0 aliphatic carbocycles. The van der Waals surface area contributed by atoms with E-state index in [-0.39, 0.29) is 0 Å². The van der Waals surface area contributed by atoms with Gasteiger partial charge in [0.1, 0.15) is 0 Å². The lowest BCUT2D eigenvalue weighted by molar-refractivity contribution is 0.632. The molecule has 0 saturated carbocycles. The van der Waals surface area contributed by atoms with Gasteiger partial charge in [0.25, 0.3) is 0 Å². The molecule has 0 atom stereocenters. The van der Waals surface area contributed by atoms with E-state index in [0.717, 1.165) is 30.3 Å². The molecule has 0 amide bonds. The van der Waals surface area contributed by atoms with E-state index in [1.54, 1.807) is 0 Å². The summed E-state index contributed by atoms with van der Waals surface area (Å²) in [7, 11) is 0. The van der Waals surface area contributed by atoms with Crippen LogP contribution >= 0.6 is 0 Å². The Morgan fingerprint density at radius 3 is 2.76 bits per heavy atom. The topological polar surface area (TPSA) is 52.5 Å². The molecule has 0 aliphatic heterocycles. The zero-order chi connectivity index (χ0) is 12.1. The van der Waals surface area contributed by atoms with Gasteiger partial charge in [0.15, 0.2) is 0 Å². The van der Waals surface area contributed by atoms with Gasteiger partial charge < -0.3 is 4.57 Å². The lowest BCUT2D eigenvalue weighted by Crippen LogP contribution is -1.95. The summed E-state index contributed by atoms with van der Waals surface area (Å²) in [5.74, 6) is 0. The molecule has 1 aromatic carbocycles. The third kappa shape index (κ3) is 2.46. The third-order valence-electron chi connectivity index (χ3n) is 2.84. The maximum Gasteiger partial charge on any atom is 0.0991 e. The Hall–Kier alpha value is -2.26. The lowest BCUT2D eigenvalue weighted by Gasteiger charge is -2.04. The number of nitrogens with zero attached hydrogens (tertiary/aromatic N) is 3. The lowest BCUT2D eigenvalue weighted by atomic mass is 10.2. The first-order valence-electron chi connectivity index (χ1n) is 5.71. The molecule has 1 aromatic heterocycles. The predicted molar refractivity (Wildman–Crippen MR) is 66.1 cm³/mol. The van der Waals surface area contributed by atoms with Crippen molar-refractivity contribution in [3.05, 3.63) is 36.0 Å². The number of aryl methyl sites for hydroxylation is 1. The van der Waals surface area contributed by atoms with E-state index in [1.807, 2.05) is 30.5 Å². The monoisotopic (exact) mass is 223 g/mol. The second kappa shape index (κ2) is 5.18. The van der Waals surface area contributed by atoms with Crippen molar-refractivity contribution < 1.29 is 0 Å². The standard InChI is InChI=1S/C14H13N3/c15-7-2-1-3-8-17-9-6-13-10-12(11-16)4-5-14(13)17/h4-6,9-10H,1-3,8H2. The summed E-state index contributed by atoms with van der Waals surface area (Å²) in [4.78, 5) is 0. The number of unbranched alkanes of at least 4 members (excludes halogenated alkanes) is 2. The van der Waals surface area contributed by atoms with Gasteiger partial charge in [0.05, 0.1) is 17.7 Å². The molecule has 0 N–H and O–H groups in total. The molecule has 0 fully saturated rings. The summed E-state index contributed by atoms with van der Waals surface area (Å²) in [5.41, 5.74) is 1.85. The first kappa shape index (κ1) is 11.2. The van der Waals surface area contributed by atoms with Crippen LogP contribution in [0.3, 0.4) is 0 Å². The number of aromatic nitrogens is 1. The Bertz CT molecular complexity index is 596. The molecule has 0 spiro atoms. The average Bonchev–Trinajstić information content (AvgIpc) is 2.77. The number of rotatable bonds is 4. The van der Waals surface area contributed by atoms with Gasteiger partial charge in [-0.25, -0.2) is 0 Å². The van der Waals surface area contributed by atoms with Crippen molar-refractivity contribution in [1.82, 2.24) is 4.57 Å². The van der Waals surface area contributed by atoms with Gasteiger partial charge in [-0.3, -0.25) is 0 Å². The quantitative estimate of drug-likeness (QED) is 0.747. The van der Waals surface area contributed by atoms with Gasteiger partial charge >= 0.3 is 0 Å². The van der Waals surface area contributed by atoms with E-state index in [9.17, 15) is 0 Å². The van der Waals surface area contributed by atoms with Gasteiger partial charge in [-0.1, -0.05) is 0 Å². The molecule has 2 aromatic rings. The highest BCUT2D eigenvalue weighted by Crippen LogP contribution is 2.18. The van der Waals surface area contributed by atoms with Gasteiger partial charge in [-0.15, -0.1) is 0 Å². The summed E-state index contributed by atoms with van der Waals surface area (Å²) in [6.07, 6.45) is 4.61. The predicted octanol–water partition coefficient (Wildman–Crippen LogP) is 3.21. The maximum atomic E-state index is 8.82. The van der Waals surface area contributed by atoms with Gasteiger partial charge in [-0.2, -0.15) is 10.5 Å². The van der Waals surface area contributed by atoms with Crippen LogP contribution in [0.4, 0.5) is 0 Å². The van der Waals surface area contributed by atoms with E-state index in [0.29, 0.717) is 12.0 Å². The Morgan fingerprint density at radius 2 is 2.00 bits per heavy atom. The fourth-order valence-corrected chi connectivity index (χ4v) is 1.95. The first-order valence-corrected chi connectivity index (χ1v) is 5.71. The van der Waals surface area contributed by atoms with Crippen LogP contribution in [0.25, 0.3) is 10.9 Å². The van der Waals surface area contributed by atoms with Crippen LogP contribution in [-0.2, 0) is 6.54 Å². The Balaban J connectivity index is 2.14. The second-order valence-corrected chi connectivity index (χ2v) is 4.01. The molecule has 3 nitrogen and oxygen atoms in total. The molecule has 1 heterocycles. The highest BCUT2D eigenvalue weighted by molar-refractivity contribution is 5.81. The van der Waals surface area contributed by atoms with Crippen LogP contribution in [-0.4, -0.2) is 4.57 Å². The highest BCUT2D eigenvalue weighted by atomic mass is 14.9. The van der Waals surface area contributed by atoms with E-state index in [4.69, 9.17) is 10.5 Å². The molecule has 3 heteroatoms. The van der Waals surface area contributed by atoms with Crippen molar-refractivity contribution in [2.75, 3.05) is 0 Å². The van der Waals surface area contributed by atoms with Crippen LogP contribution in [0.15, 0.2) is 30.5 Å². The van der Waals surface area contributed by atoms with Crippen molar-refractivity contribution in [3.8, 4) is 12.1 Å². The van der Waals surface area contributed by atoms with Crippen LogP contribution in [0.1, 0.15) is 24.8 Å². The zero-order valence-corrected chi connectivity index (χ0v) is 9.56. The fraction of sp³-hybridized carbons (Fsp3) is 0.286. The summed E-state index contributed by atoms with van der Waals surface area (Å²) in [6.45, 7) is 0.928. The summed E-state index contributed by atoms with van der Waals surface area (Å²) >= 11 is 0. The Morgan fingerprint density at radius 1 is 1.12 bits per heavy atom. The molecular weight excluding hydrogens is 210 g/mol. The van der Waals surface area contributed by atoms with E-state index >= 15 is 0 Å². The normalized spacial score (nSPS) is 10.0. The number of hydrogen-bond acceptors (Lipinski definition) is 2. The largest absolute Gasteiger partial charge is 0.347 e. The van der Waals surface area contributed by atoms with E-state index in [2.05, 4.69) is 16.7 Å². The van der Waals surface area contributed by atoms with E-state index in [1.165, 1.54) is 0 Å². The van der Waals surface area contributed by atoms with Crippen LogP contribution in [0.2, 0.25) is 0 Å². The van der Waals surface area contributed by atoms with Crippen molar-refractivity contribution >= 4 is 10.9 Å². The number of hydrogen-bond donors (Lipinski definition) is 0. The van der Waals surface area contributed by atoms with Gasteiger partial charge in [-0.05, 0) is 37.1 Å². The molecule has 0 saturated heterocycles. The molecule has 0 radical (unpaired) electrons. The highest BCUT2D eigenvalue weighted by Gasteiger charge is 2.01. The number of fused-ring (bicyclic) bond motifs is 1. The Kier molecular flexibility index (Phi) is 3.43. The third-order valence-corrected chi connectivity index (χ3v) is 2.84. The number of benzene rings is 1. The van der Waals surface area contributed by atoms with Crippen LogP contribution in [0.5, 0.6) is 0 Å². The summed E-state index contributed by atoms with van der Waals surface area (Å²) < 4.78 is 2.17. The second-order valence-electron chi connectivity index (χ2n) is 4.01. The minimum absolute atomic E-state index is 0.623. The molecule has 17 heavy (non-hydrogen) atoms. The molecule has 2 rings (SSSR count). The number of nitriles is 2. The van der Waals surface area contributed by atoms with Crippen molar-refractivity contribution in [2.45, 2.75) is 25.8 Å². The van der Waals surface area contributed by atoms with Gasteiger partial charge in [0, 0.05) is 30.1 Å². The first-order chi connectivity index (χ1) is 8.35. The van der Waals surface area contributed by atoms with Crippen molar-refractivity contribution in [2.24, 2.45) is 0 Å². The average molecular weight is 223 g/mol. The van der Waals surface area contributed by atoms with E-state index < -0.39 is 0 Å². The zero-order valence-electron chi connectivity index (χ0n) is 9.56. The molecule has 0 aliphatic rings. The molecule has 84 valence electrons. The van der Waals surface area contributed by atoms with Crippen LogP contribution < -0.4 is 0 Å². The van der Waals surface area contributed by atoms with Crippen LogP contribution in [0, 0.1) is 22.7 Å². The molecule has 0 bridgehead atoms. The van der Waals surface area contributed by atoms with Crippen molar-refractivity contribution in [1.29, 1.82) is 10.5 Å². The maximum absolute atomic E-state index is 8.82. The SMILES string of the molecule is N#CCCCCn1ccc2cc(C#N)ccc21. The minimum atomic E-state index is 0.623. The minimum Gasteiger partial charge on any atom is -0.347 e. The fourth-order valence-electron chi connectivity index (χ4n) is 1.95. The van der Waals surface area contributed by atoms with Crippen molar-refractivity contribution in [3.63, 3.8) is 0 Å². The molecular formula is C14H13N3. The Labute approximate surface area is 101 Å². The summed E-state index contributed by atoms with van der Waals surface area (Å²) in [5, 5.41) is 18.4.